The largest absolute Gasteiger partial charge is 0.378 e. The first kappa shape index (κ1) is 18.1. The zero-order valence-electron chi connectivity index (χ0n) is 13.3. The molecule has 8 nitrogen and oxygen atoms in total. The quantitative estimate of drug-likeness (QED) is 0.812. The van der Waals surface area contributed by atoms with E-state index < -0.39 is 20.2 Å². The number of nitrogens with one attached hydrogen (secondary N) is 1. The molecular weight excluding hydrogens is 342 g/mol. The van der Waals surface area contributed by atoms with E-state index in [1.54, 1.807) is 6.92 Å². The highest BCUT2D eigenvalue weighted by atomic mass is 32.2. The molecule has 0 aliphatic carbocycles. The second-order valence-electron chi connectivity index (χ2n) is 5.45. The van der Waals surface area contributed by atoms with Crippen LogP contribution < -0.4 is 4.72 Å². The monoisotopic (exact) mass is 363 g/mol. The summed E-state index contributed by atoms with van der Waals surface area (Å²) in [4.78, 5) is 0.124. The maximum Gasteiger partial charge on any atom is 0.301 e. The van der Waals surface area contributed by atoms with Gasteiger partial charge in [0.25, 0.3) is 0 Å². The first-order valence-corrected chi connectivity index (χ1v) is 9.92. The van der Waals surface area contributed by atoms with Crippen molar-refractivity contribution in [3.63, 3.8) is 0 Å². The third-order valence-electron chi connectivity index (χ3n) is 3.50. The number of hydrogen-bond donors (Lipinski definition) is 1. The molecule has 1 saturated heterocycles. The lowest BCUT2D eigenvalue weighted by molar-refractivity contribution is 0.0393. The Balaban J connectivity index is 2.22. The fraction of sp³-hybridized carbons (Fsp3) is 0.538. The lowest BCUT2D eigenvalue weighted by atomic mass is 10.3. The number of rotatable bonds is 5. The van der Waals surface area contributed by atoms with Gasteiger partial charge in [0.2, 0.25) is 10.0 Å². The smallest absolute Gasteiger partial charge is 0.301 e. The molecule has 0 saturated carbocycles. The summed E-state index contributed by atoms with van der Waals surface area (Å²) >= 11 is 0. The second kappa shape index (κ2) is 6.73. The van der Waals surface area contributed by atoms with Gasteiger partial charge in [-0.05, 0) is 31.2 Å². The summed E-state index contributed by atoms with van der Waals surface area (Å²) in [5, 5.41) is 0. The van der Waals surface area contributed by atoms with Gasteiger partial charge in [-0.15, -0.1) is 0 Å². The molecule has 1 aromatic rings. The summed E-state index contributed by atoms with van der Waals surface area (Å²) < 4.78 is 58.8. The van der Waals surface area contributed by atoms with Crippen molar-refractivity contribution in [1.82, 2.24) is 8.61 Å². The Kier molecular flexibility index (Phi) is 5.31. The van der Waals surface area contributed by atoms with Crippen LogP contribution in [-0.2, 0) is 25.0 Å². The summed E-state index contributed by atoms with van der Waals surface area (Å²) in [5.74, 6) is 0. The van der Waals surface area contributed by atoms with Crippen molar-refractivity contribution in [2.45, 2.75) is 17.9 Å². The zero-order chi connectivity index (χ0) is 17.3. The van der Waals surface area contributed by atoms with Crippen LogP contribution in [0.2, 0.25) is 0 Å². The average Bonchev–Trinajstić information content (AvgIpc) is 2.47. The maximum absolute atomic E-state index is 12.6. The van der Waals surface area contributed by atoms with Crippen LogP contribution in [0.3, 0.4) is 0 Å². The minimum atomic E-state index is -3.62. The normalized spacial score (nSPS) is 20.6. The van der Waals surface area contributed by atoms with Crippen LogP contribution in [0.1, 0.15) is 6.92 Å². The molecule has 0 amide bonds. The Morgan fingerprint density at radius 3 is 2.30 bits per heavy atom. The predicted octanol–water partition coefficient (Wildman–Crippen LogP) is 0.314. The topological polar surface area (TPSA) is 96.0 Å². The standard InChI is InChI=1S/C13H21N3O5S2/c1-11-10-21-9-8-16(11)22(17,18)13-6-4-12(5-7-13)14-23(19,20)15(2)3/h4-7,11,14H,8-10H2,1-3H3. The molecule has 1 fully saturated rings. The number of anilines is 1. The lowest BCUT2D eigenvalue weighted by Crippen LogP contribution is -2.46. The van der Waals surface area contributed by atoms with E-state index in [1.807, 2.05) is 0 Å². The van der Waals surface area contributed by atoms with Crippen LogP contribution >= 0.6 is 0 Å². The van der Waals surface area contributed by atoms with E-state index in [-0.39, 0.29) is 10.9 Å². The van der Waals surface area contributed by atoms with Gasteiger partial charge in [0.15, 0.2) is 0 Å². The molecular formula is C13H21N3O5S2. The highest BCUT2D eigenvalue weighted by Gasteiger charge is 2.31. The summed E-state index contributed by atoms with van der Waals surface area (Å²) in [5.41, 5.74) is 0.299. The van der Waals surface area contributed by atoms with Gasteiger partial charge in [-0.2, -0.15) is 17.0 Å². The van der Waals surface area contributed by atoms with Gasteiger partial charge in [0, 0.05) is 32.4 Å². The molecule has 1 N–H and O–H groups in total. The van der Waals surface area contributed by atoms with E-state index in [0.717, 1.165) is 4.31 Å². The van der Waals surface area contributed by atoms with Gasteiger partial charge in [-0.3, -0.25) is 4.72 Å². The molecule has 2 rings (SSSR count). The van der Waals surface area contributed by atoms with Crippen molar-refractivity contribution >= 4 is 25.9 Å². The van der Waals surface area contributed by atoms with Crippen molar-refractivity contribution in [3.05, 3.63) is 24.3 Å². The highest BCUT2D eigenvalue weighted by Crippen LogP contribution is 2.22. The first-order chi connectivity index (χ1) is 10.6. The predicted molar refractivity (Wildman–Crippen MR) is 86.8 cm³/mol. The fourth-order valence-electron chi connectivity index (χ4n) is 2.14. The van der Waals surface area contributed by atoms with E-state index >= 15 is 0 Å². The Bertz CT molecular complexity index is 744. The number of hydrogen-bond acceptors (Lipinski definition) is 5. The number of sulfonamides is 1. The van der Waals surface area contributed by atoms with Crippen molar-refractivity contribution in [2.24, 2.45) is 0 Å². The van der Waals surface area contributed by atoms with E-state index in [9.17, 15) is 16.8 Å². The molecule has 1 heterocycles. The van der Waals surface area contributed by atoms with Crippen LogP contribution in [0.25, 0.3) is 0 Å². The van der Waals surface area contributed by atoms with Gasteiger partial charge >= 0.3 is 10.2 Å². The summed E-state index contributed by atoms with van der Waals surface area (Å²) in [7, 11) is -4.44. The van der Waals surface area contributed by atoms with Gasteiger partial charge < -0.3 is 4.74 Å². The minimum absolute atomic E-state index is 0.124. The number of nitrogens with zero attached hydrogens (tertiary/aromatic N) is 2. The molecule has 10 heteroatoms. The van der Waals surface area contributed by atoms with Crippen molar-refractivity contribution in [1.29, 1.82) is 0 Å². The summed E-state index contributed by atoms with van der Waals surface area (Å²) in [6.45, 7) is 2.82. The van der Waals surface area contributed by atoms with Crippen molar-refractivity contribution in [2.75, 3.05) is 38.6 Å². The van der Waals surface area contributed by atoms with Crippen LogP contribution in [0.15, 0.2) is 29.2 Å². The molecule has 130 valence electrons. The molecule has 1 aliphatic heterocycles. The Morgan fingerprint density at radius 2 is 1.78 bits per heavy atom. The van der Waals surface area contributed by atoms with Crippen LogP contribution in [0, 0.1) is 0 Å². The van der Waals surface area contributed by atoms with Gasteiger partial charge in [-0.1, -0.05) is 0 Å². The average molecular weight is 363 g/mol. The molecule has 1 unspecified atom stereocenters. The van der Waals surface area contributed by atoms with E-state index in [4.69, 9.17) is 4.74 Å². The van der Waals surface area contributed by atoms with Gasteiger partial charge in [-0.25, -0.2) is 8.42 Å². The molecule has 23 heavy (non-hydrogen) atoms. The molecule has 0 bridgehead atoms. The van der Waals surface area contributed by atoms with Crippen LogP contribution in [-0.4, -0.2) is 65.3 Å². The van der Waals surface area contributed by atoms with E-state index in [0.29, 0.717) is 25.4 Å². The molecule has 0 aromatic heterocycles. The summed E-state index contributed by atoms with van der Waals surface area (Å²) in [6.07, 6.45) is 0. The summed E-state index contributed by atoms with van der Waals surface area (Å²) in [6, 6.07) is 5.41. The molecule has 1 aliphatic rings. The molecule has 0 radical (unpaired) electrons. The Hall–Kier alpha value is -1.20. The molecule has 1 aromatic carbocycles. The highest BCUT2D eigenvalue weighted by molar-refractivity contribution is 7.90. The third-order valence-corrected chi connectivity index (χ3v) is 6.98. The number of benzene rings is 1. The van der Waals surface area contributed by atoms with Gasteiger partial charge in [0.05, 0.1) is 18.1 Å². The first-order valence-electron chi connectivity index (χ1n) is 7.04. The Labute approximate surface area is 137 Å². The van der Waals surface area contributed by atoms with E-state index in [2.05, 4.69) is 4.72 Å². The number of morpholine rings is 1. The molecule has 1 atom stereocenters. The van der Waals surface area contributed by atoms with Crippen LogP contribution in [0.5, 0.6) is 0 Å². The van der Waals surface area contributed by atoms with Gasteiger partial charge in [0.1, 0.15) is 0 Å². The number of ether oxygens (including phenoxy) is 1. The van der Waals surface area contributed by atoms with Crippen molar-refractivity contribution < 1.29 is 21.6 Å². The zero-order valence-corrected chi connectivity index (χ0v) is 14.9. The minimum Gasteiger partial charge on any atom is -0.378 e. The van der Waals surface area contributed by atoms with E-state index in [1.165, 1.54) is 42.7 Å². The SMILES string of the molecule is CC1COCCN1S(=O)(=O)c1ccc(NS(=O)(=O)N(C)C)cc1. The maximum atomic E-state index is 12.6. The van der Waals surface area contributed by atoms with Crippen molar-refractivity contribution in [3.8, 4) is 0 Å². The fourth-order valence-corrected chi connectivity index (χ4v) is 4.36. The van der Waals surface area contributed by atoms with Crippen LogP contribution in [0.4, 0.5) is 5.69 Å². The third kappa shape index (κ3) is 4.01. The lowest BCUT2D eigenvalue weighted by Gasteiger charge is -2.32. The second-order valence-corrected chi connectivity index (χ2v) is 9.23. The Morgan fingerprint density at radius 1 is 1.17 bits per heavy atom. The molecule has 0 spiro atoms.